The number of halogens is 1. The van der Waals surface area contributed by atoms with Crippen LogP contribution in [0.1, 0.15) is 17.1 Å². The van der Waals surface area contributed by atoms with Crippen molar-refractivity contribution in [2.24, 2.45) is 7.05 Å². The Balaban J connectivity index is 1.64. The molecule has 0 aliphatic rings. The number of hydrogen-bond acceptors (Lipinski definition) is 4. The van der Waals surface area contributed by atoms with Crippen LogP contribution in [0.25, 0.3) is 0 Å². The third-order valence-electron chi connectivity index (χ3n) is 3.24. The Kier molecular flexibility index (Phi) is 3.68. The van der Waals surface area contributed by atoms with Crippen LogP contribution in [-0.2, 0) is 20.0 Å². The maximum Gasteiger partial charge on any atom is 0.315 e. The fourth-order valence-corrected chi connectivity index (χ4v) is 2.05. The first-order valence-electron chi connectivity index (χ1n) is 6.62. The van der Waals surface area contributed by atoms with Gasteiger partial charge in [-0.2, -0.15) is 0 Å². The molecule has 3 rings (SSSR count). The molecule has 0 atom stereocenters. The summed E-state index contributed by atoms with van der Waals surface area (Å²) in [6.07, 6.45) is 2.25. The second kappa shape index (κ2) is 5.78. The van der Waals surface area contributed by atoms with E-state index in [9.17, 15) is 4.39 Å². The summed E-state index contributed by atoms with van der Waals surface area (Å²) in [5, 5.41) is 10.9. The Morgan fingerprint density at radius 3 is 2.81 bits per heavy atom. The quantitative estimate of drug-likeness (QED) is 0.783. The summed E-state index contributed by atoms with van der Waals surface area (Å²) in [7, 11) is 1.97. The van der Waals surface area contributed by atoms with E-state index in [0.29, 0.717) is 24.0 Å². The van der Waals surface area contributed by atoms with Crippen LogP contribution in [0.15, 0.2) is 47.0 Å². The van der Waals surface area contributed by atoms with Gasteiger partial charge in [-0.3, -0.25) is 0 Å². The number of nitrogens with zero attached hydrogens (tertiary/aromatic N) is 3. The van der Waals surface area contributed by atoms with Gasteiger partial charge in [-0.15, -0.1) is 5.10 Å². The fourth-order valence-electron chi connectivity index (χ4n) is 2.05. The number of rotatable bonds is 5. The molecule has 0 saturated carbocycles. The van der Waals surface area contributed by atoms with Crippen LogP contribution in [0.2, 0.25) is 0 Å². The highest BCUT2D eigenvalue weighted by molar-refractivity contribution is 5.23. The third kappa shape index (κ3) is 3.10. The van der Waals surface area contributed by atoms with Crippen molar-refractivity contribution in [3.8, 4) is 0 Å². The van der Waals surface area contributed by atoms with Crippen LogP contribution in [0, 0.1) is 5.82 Å². The summed E-state index contributed by atoms with van der Waals surface area (Å²) in [6.45, 7) is 0.588. The van der Waals surface area contributed by atoms with Gasteiger partial charge in [-0.1, -0.05) is 23.3 Å². The lowest BCUT2D eigenvalue weighted by atomic mass is 10.1. The Bertz CT molecular complexity index is 735. The van der Waals surface area contributed by atoms with Gasteiger partial charge in [-0.25, -0.2) is 4.39 Å². The van der Waals surface area contributed by atoms with E-state index < -0.39 is 0 Å². The fraction of sp³-hybridized carbons (Fsp3) is 0.200. The minimum Gasteiger partial charge on any atom is -0.408 e. The predicted molar refractivity (Wildman–Crippen MR) is 76.2 cm³/mol. The van der Waals surface area contributed by atoms with E-state index in [-0.39, 0.29) is 12.2 Å². The van der Waals surface area contributed by atoms with Crippen LogP contribution in [0.5, 0.6) is 0 Å². The molecule has 0 fully saturated rings. The molecule has 1 N–H and O–H groups in total. The molecule has 21 heavy (non-hydrogen) atoms. The van der Waals surface area contributed by atoms with Gasteiger partial charge in [0.1, 0.15) is 5.82 Å². The molecule has 6 heteroatoms. The van der Waals surface area contributed by atoms with Gasteiger partial charge in [-0.05, 0) is 23.8 Å². The minimum absolute atomic E-state index is 0.269. The van der Waals surface area contributed by atoms with Crippen molar-refractivity contribution < 1.29 is 8.81 Å². The van der Waals surface area contributed by atoms with Crippen LogP contribution in [-0.4, -0.2) is 14.8 Å². The summed E-state index contributed by atoms with van der Waals surface area (Å²) in [5.74, 6) is 0.114. The molecule has 0 unspecified atom stereocenters. The molecule has 0 aliphatic heterocycles. The standard InChI is InChI=1S/C15H15FN4O/c1-20-8-4-6-12(20)10-17-15-19-18-14(21-15)9-11-5-2-3-7-13(11)16/h2-8H,9-10H2,1H3,(H,17,19). The second-order valence-electron chi connectivity index (χ2n) is 4.73. The zero-order valence-electron chi connectivity index (χ0n) is 11.6. The van der Waals surface area contributed by atoms with Gasteiger partial charge in [0.25, 0.3) is 0 Å². The Morgan fingerprint density at radius 2 is 2.05 bits per heavy atom. The molecule has 0 radical (unpaired) electrons. The molecule has 0 spiro atoms. The zero-order chi connectivity index (χ0) is 14.7. The molecule has 3 aromatic rings. The van der Waals surface area contributed by atoms with Crippen molar-refractivity contribution in [3.63, 3.8) is 0 Å². The average molecular weight is 286 g/mol. The Labute approximate surface area is 121 Å². The minimum atomic E-state index is -0.269. The highest BCUT2D eigenvalue weighted by Crippen LogP contribution is 2.14. The van der Waals surface area contributed by atoms with Crippen LogP contribution in [0.3, 0.4) is 0 Å². The summed E-state index contributed by atoms with van der Waals surface area (Å²) in [5.41, 5.74) is 1.64. The van der Waals surface area contributed by atoms with Crippen molar-refractivity contribution in [2.45, 2.75) is 13.0 Å². The Morgan fingerprint density at radius 1 is 1.19 bits per heavy atom. The van der Waals surface area contributed by atoms with Crippen LogP contribution >= 0.6 is 0 Å². The first kappa shape index (κ1) is 13.4. The van der Waals surface area contributed by atoms with Crippen LogP contribution < -0.4 is 5.32 Å². The van der Waals surface area contributed by atoms with E-state index in [1.807, 2.05) is 29.9 Å². The van der Waals surface area contributed by atoms with Crippen molar-refractivity contribution in [1.82, 2.24) is 14.8 Å². The SMILES string of the molecule is Cn1cccc1CNc1nnc(Cc2ccccc2F)o1. The number of hydrogen-bond donors (Lipinski definition) is 1. The first-order chi connectivity index (χ1) is 10.2. The lowest BCUT2D eigenvalue weighted by Gasteiger charge is -2.02. The van der Waals surface area contributed by atoms with E-state index in [1.165, 1.54) is 6.07 Å². The zero-order valence-corrected chi connectivity index (χ0v) is 11.6. The Hall–Kier alpha value is -2.63. The van der Waals surface area contributed by atoms with Crippen LogP contribution in [0.4, 0.5) is 10.4 Å². The molecule has 108 valence electrons. The van der Waals surface area contributed by atoms with Crippen molar-refractivity contribution in [2.75, 3.05) is 5.32 Å². The van der Waals surface area contributed by atoms with Crippen molar-refractivity contribution in [1.29, 1.82) is 0 Å². The third-order valence-corrected chi connectivity index (χ3v) is 3.24. The summed E-state index contributed by atoms with van der Waals surface area (Å²) >= 11 is 0. The van der Waals surface area contributed by atoms with Gasteiger partial charge in [0.05, 0.1) is 13.0 Å². The maximum atomic E-state index is 13.6. The molecule has 0 bridgehead atoms. The van der Waals surface area contributed by atoms with Crippen molar-refractivity contribution >= 4 is 6.01 Å². The number of benzene rings is 1. The number of nitrogens with one attached hydrogen (secondary N) is 1. The highest BCUT2D eigenvalue weighted by Gasteiger charge is 2.09. The molecular formula is C15H15FN4O. The number of anilines is 1. The van der Waals surface area contributed by atoms with E-state index in [0.717, 1.165) is 5.69 Å². The normalized spacial score (nSPS) is 10.8. The molecule has 5 nitrogen and oxygen atoms in total. The molecular weight excluding hydrogens is 271 g/mol. The molecule has 0 aliphatic carbocycles. The highest BCUT2D eigenvalue weighted by atomic mass is 19.1. The topological polar surface area (TPSA) is 55.9 Å². The van der Waals surface area contributed by atoms with Gasteiger partial charge < -0.3 is 14.3 Å². The van der Waals surface area contributed by atoms with E-state index in [4.69, 9.17) is 4.42 Å². The maximum absolute atomic E-state index is 13.6. The summed E-state index contributed by atoms with van der Waals surface area (Å²) in [6, 6.07) is 10.9. The lowest BCUT2D eigenvalue weighted by Crippen LogP contribution is -2.04. The van der Waals surface area contributed by atoms with Gasteiger partial charge in [0.2, 0.25) is 5.89 Å². The monoisotopic (exact) mass is 286 g/mol. The van der Waals surface area contributed by atoms with E-state index >= 15 is 0 Å². The molecule has 2 heterocycles. The lowest BCUT2D eigenvalue weighted by molar-refractivity contribution is 0.509. The average Bonchev–Trinajstić information content (AvgIpc) is 3.08. The number of aromatic nitrogens is 3. The molecule has 0 amide bonds. The van der Waals surface area contributed by atoms with Gasteiger partial charge in [0.15, 0.2) is 0 Å². The van der Waals surface area contributed by atoms with E-state index in [1.54, 1.807) is 18.2 Å². The first-order valence-corrected chi connectivity index (χ1v) is 6.62. The van der Waals surface area contributed by atoms with Crippen molar-refractivity contribution in [3.05, 3.63) is 65.6 Å². The van der Waals surface area contributed by atoms with Gasteiger partial charge in [0, 0.05) is 18.9 Å². The number of aryl methyl sites for hydroxylation is 1. The molecule has 1 aromatic carbocycles. The molecule has 2 aromatic heterocycles. The molecule has 0 saturated heterocycles. The van der Waals surface area contributed by atoms with E-state index in [2.05, 4.69) is 15.5 Å². The smallest absolute Gasteiger partial charge is 0.315 e. The predicted octanol–water partition coefficient (Wildman–Crippen LogP) is 2.75. The second-order valence-corrected chi connectivity index (χ2v) is 4.73. The summed E-state index contributed by atoms with van der Waals surface area (Å²) < 4.78 is 21.0. The largest absolute Gasteiger partial charge is 0.408 e. The van der Waals surface area contributed by atoms with Gasteiger partial charge >= 0.3 is 6.01 Å². The summed E-state index contributed by atoms with van der Waals surface area (Å²) in [4.78, 5) is 0.